The summed E-state index contributed by atoms with van der Waals surface area (Å²) < 4.78 is 5.11. The molecule has 0 heterocycles. The molecule has 0 bridgehead atoms. The Morgan fingerprint density at radius 3 is 2.21 bits per heavy atom. The molecule has 0 aromatic heterocycles. The second-order valence-corrected chi connectivity index (χ2v) is 4.52. The third-order valence-electron chi connectivity index (χ3n) is 3.10. The number of anilines is 1. The van der Waals surface area contributed by atoms with Gasteiger partial charge in [-0.05, 0) is 36.8 Å². The molecule has 0 radical (unpaired) electrons. The molecule has 0 fully saturated rings. The molecule has 0 aliphatic heterocycles. The first kappa shape index (κ1) is 13.4. The Morgan fingerprint density at radius 1 is 1.00 bits per heavy atom. The standard InChI is InChI=1S/C16H19NO2/c1-12(16(18)13-6-4-3-5-7-13)17-14-8-10-15(19-2)11-9-14/h3-12,16-18H,1-2H3. The van der Waals surface area contributed by atoms with Crippen molar-refractivity contribution in [2.45, 2.75) is 19.1 Å². The minimum atomic E-state index is -0.539. The third kappa shape index (κ3) is 3.48. The number of rotatable bonds is 5. The zero-order valence-corrected chi connectivity index (χ0v) is 11.2. The second-order valence-electron chi connectivity index (χ2n) is 4.52. The van der Waals surface area contributed by atoms with Gasteiger partial charge >= 0.3 is 0 Å². The first-order valence-electron chi connectivity index (χ1n) is 6.34. The van der Waals surface area contributed by atoms with Gasteiger partial charge in [0.1, 0.15) is 5.75 Å². The number of aliphatic hydroxyl groups excluding tert-OH is 1. The van der Waals surface area contributed by atoms with Gasteiger partial charge in [-0.2, -0.15) is 0 Å². The molecular weight excluding hydrogens is 238 g/mol. The van der Waals surface area contributed by atoms with Gasteiger partial charge in [0.15, 0.2) is 0 Å². The minimum absolute atomic E-state index is 0.0733. The number of nitrogens with one attached hydrogen (secondary N) is 1. The zero-order valence-electron chi connectivity index (χ0n) is 11.2. The lowest BCUT2D eigenvalue weighted by molar-refractivity contribution is 0.161. The summed E-state index contributed by atoms with van der Waals surface area (Å²) in [7, 11) is 1.64. The normalized spacial score (nSPS) is 13.6. The molecule has 0 saturated carbocycles. The second kappa shape index (κ2) is 6.25. The van der Waals surface area contributed by atoms with E-state index in [1.54, 1.807) is 7.11 Å². The summed E-state index contributed by atoms with van der Waals surface area (Å²) in [4.78, 5) is 0. The van der Waals surface area contributed by atoms with Gasteiger partial charge in [-0.1, -0.05) is 30.3 Å². The molecule has 0 aliphatic rings. The van der Waals surface area contributed by atoms with Crippen molar-refractivity contribution in [3.05, 3.63) is 60.2 Å². The summed E-state index contributed by atoms with van der Waals surface area (Å²) >= 11 is 0. The molecule has 0 spiro atoms. The Labute approximate surface area is 113 Å². The Kier molecular flexibility index (Phi) is 4.42. The fraction of sp³-hybridized carbons (Fsp3) is 0.250. The average molecular weight is 257 g/mol. The zero-order chi connectivity index (χ0) is 13.7. The molecule has 3 heteroatoms. The van der Waals surface area contributed by atoms with E-state index in [-0.39, 0.29) is 6.04 Å². The summed E-state index contributed by atoms with van der Waals surface area (Å²) in [5.41, 5.74) is 1.87. The summed E-state index contributed by atoms with van der Waals surface area (Å²) in [6.45, 7) is 1.96. The largest absolute Gasteiger partial charge is 0.497 e. The van der Waals surface area contributed by atoms with E-state index in [1.807, 2.05) is 61.5 Å². The van der Waals surface area contributed by atoms with Gasteiger partial charge in [-0.15, -0.1) is 0 Å². The lowest BCUT2D eigenvalue weighted by Gasteiger charge is -2.21. The minimum Gasteiger partial charge on any atom is -0.497 e. The molecule has 2 aromatic carbocycles. The Morgan fingerprint density at radius 2 is 1.63 bits per heavy atom. The lowest BCUT2D eigenvalue weighted by atomic mass is 10.0. The lowest BCUT2D eigenvalue weighted by Crippen LogP contribution is -2.23. The van der Waals surface area contributed by atoms with Gasteiger partial charge < -0.3 is 15.2 Å². The van der Waals surface area contributed by atoms with E-state index in [2.05, 4.69) is 5.32 Å². The van der Waals surface area contributed by atoms with Crippen molar-refractivity contribution in [1.82, 2.24) is 0 Å². The van der Waals surface area contributed by atoms with Crippen molar-refractivity contribution >= 4 is 5.69 Å². The molecular formula is C16H19NO2. The molecule has 2 N–H and O–H groups in total. The quantitative estimate of drug-likeness (QED) is 0.864. The molecule has 19 heavy (non-hydrogen) atoms. The highest BCUT2D eigenvalue weighted by Gasteiger charge is 2.15. The molecule has 0 saturated heterocycles. The van der Waals surface area contributed by atoms with E-state index in [9.17, 15) is 5.11 Å². The smallest absolute Gasteiger partial charge is 0.119 e. The number of methoxy groups -OCH3 is 1. The number of hydrogen-bond donors (Lipinski definition) is 2. The van der Waals surface area contributed by atoms with Crippen LogP contribution in [0.3, 0.4) is 0 Å². The Bertz CT molecular complexity index is 496. The number of benzene rings is 2. The molecule has 2 rings (SSSR count). The topological polar surface area (TPSA) is 41.5 Å². The van der Waals surface area contributed by atoms with Gasteiger partial charge in [0.2, 0.25) is 0 Å². The first-order valence-corrected chi connectivity index (χ1v) is 6.34. The van der Waals surface area contributed by atoms with Crippen LogP contribution in [0.15, 0.2) is 54.6 Å². The van der Waals surface area contributed by atoms with E-state index in [0.717, 1.165) is 17.0 Å². The van der Waals surface area contributed by atoms with Crippen LogP contribution in [-0.2, 0) is 0 Å². The van der Waals surface area contributed by atoms with Crippen LogP contribution < -0.4 is 10.1 Å². The molecule has 2 unspecified atom stereocenters. The molecule has 100 valence electrons. The predicted octanol–water partition coefficient (Wildman–Crippen LogP) is 3.23. The van der Waals surface area contributed by atoms with Crippen molar-refractivity contribution in [1.29, 1.82) is 0 Å². The van der Waals surface area contributed by atoms with E-state index in [4.69, 9.17) is 4.74 Å². The molecule has 0 aliphatic carbocycles. The molecule has 0 amide bonds. The van der Waals surface area contributed by atoms with Crippen LogP contribution in [0.5, 0.6) is 5.75 Å². The van der Waals surface area contributed by atoms with Crippen molar-refractivity contribution < 1.29 is 9.84 Å². The predicted molar refractivity (Wildman–Crippen MR) is 77.5 cm³/mol. The SMILES string of the molecule is COc1ccc(NC(C)C(O)c2ccccc2)cc1. The fourth-order valence-corrected chi connectivity index (χ4v) is 1.97. The Balaban J connectivity index is 2.01. The molecule has 3 nitrogen and oxygen atoms in total. The van der Waals surface area contributed by atoms with Crippen LogP contribution >= 0.6 is 0 Å². The van der Waals surface area contributed by atoms with Crippen molar-refractivity contribution in [2.75, 3.05) is 12.4 Å². The van der Waals surface area contributed by atoms with E-state index >= 15 is 0 Å². The van der Waals surface area contributed by atoms with E-state index in [1.165, 1.54) is 0 Å². The maximum atomic E-state index is 10.3. The van der Waals surface area contributed by atoms with Gasteiger partial charge in [0.25, 0.3) is 0 Å². The van der Waals surface area contributed by atoms with Crippen LogP contribution in [0, 0.1) is 0 Å². The van der Waals surface area contributed by atoms with Crippen molar-refractivity contribution in [3.8, 4) is 5.75 Å². The van der Waals surface area contributed by atoms with Gasteiger partial charge in [-0.3, -0.25) is 0 Å². The van der Waals surface area contributed by atoms with Gasteiger partial charge in [0.05, 0.1) is 19.3 Å². The van der Waals surface area contributed by atoms with Crippen LogP contribution in [0.2, 0.25) is 0 Å². The highest BCUT2D eigenvalue weighted by atomic mass is 16.5. The highest BCUT2D eigenvalue weighted by Crippen LogP contribution is 2.21. The van der Waals surface area contributed by atoms with Gasteiger partial charge in [0, 0.05) is 5.69 Å². The highest BCUT2D eigenvalue weighted by molar-refractivity contribution is 5.47. The maximum Gasteiger partial charge on any atom is 0.119 e. The molecule has 2 atom stereocenters. The van der Waals surface area contributed by atoms with Crippen LogP contribution in [-0.4, -0.2) is 18.3 Å². The first-order chi connectivity index (χ1) is 9.20. The monoisotopic (exact) mass is 257 g/mol. The molecule has 2 aromatic rings. The van der Waals surface area contributed by atoms with Crippen LogP contribution in [0.25, 0.3) is 0 Å². The van der Waals surface area contributed by atoms with Crippen LogP contribution in [0.4, 0.5) is 5.69 Å². The van der Waals surface area contributed by atoms with Crippen LogP contribution in [0.1, 0.15) is 18.6 Å². The van der Waals surface area contributed by atoms with E-state index < -0.39 is 6.10 Å². The number of ether oxygens (including phenoxy) is 1. The summed E-state index contributed by atoms with van der Waals surface area (Å²) in [6.07, 6.45) is -0.539. The summed E-state index contributed by atoms with van der Waals surface area (Å²) in [6, 6.07) is 17.2. The summed E-state index contributed by atoms with van der Waals surface area (Å²) in [5, 5.41) is 13.5. The number of aliphatic hydroxyl groups is 1. The third-order valence-corrected chi connectivity index (χ3v) is 3.10. The average Bonchev–Trinajstić information content (AvgIpc) is 2.48. The van der Waals surface area contributed by atoms with E-state index in [0.29, 0.717) is 0 Å². The number of hydrogen-bond acceptors (Lipinski definition) is 3. The maximum absolute atomic E-state index is 10.3. The Hall–Kier alpha value is -2.00. The van der Waals surface area contributed by atoms with Crippen molar-refractivity contribution in [3.63, 3.8) is 0 Å². The summed E-state index contributed by atoms with van der Waals surface area (Å²) in [5.74, 6) is 0.821. The van der Waals surface area contributed by atoms with Crippen molar-refractivity contribution in [2.24, 2.45) is 0 Å². The van der Waals surface area contributed by atoms with Gasteiger partial charge in [-0.25, -0.2) is 0 Å². The fourth-order valence-electron chi connectivity index (χ4n) is 1.97.